The Morgan fingerprint density at radius 2 is 1.87 bits per heavy atom. The van der Waals surface area contributed by atoms with Crippen molar-refractivity contribution in [1.29, 1.82) is 0 Å². The molecule has 2 aromatic carbocycles. The highest BCUT2D eigenvalue weighted by atomic mass is 32.2. The molecule has 0 atom stereocenters. The Hall–Kier alpha value is -2.06. The maximum absolute atomic E-state index is 13.4. The predicted octanol–water partition coefficient (Wildman–Crippen LogP) is 2.23. The highest BCUT2D eigenvalue weighted by molar-refractivity contribution is 7.98. The molecule has 2 rings (SSSR count). The molecule has 5 nitrogen and oxygen atoms in total. The molecule has 0 saturated carbocycles. The van der Waals surface area contributed by atoms with E-state index < -0.39 is 28.3 Å². The molecule has 0 unspecified atom stereocenters. The molecular formula is C15H15FN2O3S2. The van der Waals surface area contributed by atoms with Crippen LogP contribution < -0.4 is 10.0 Å². The summed E-state index contributed by atoms with van der Waals surface area (Å²) in [5.74, 6) is -1.44. The lowest BCUT2D eigenvalue weighted by atomic mass is 10.3. The first-order chi connectivity index (χ1) is 10.8. The summed E-state index contributed by atoms with van der Waals surface area (Å²) in [6.45, 7) is -0.573. The van der Waals surface area contributed by atoms with Gasteiger partial charge in [0.2, 0.25) is 5.91 Å². The second kappa shape index (κ2) is 7.01. The first-order valence-corrected chi connectivity index (χ1v) is 9.22. The van der Waals surface area contributed by atoms with Gasteiger partial charge in [0, 0.05) is 4.90 Å². The third-order valence-corrected chi connectivity index (χ3v) is 5.57. The Morgan fingerprint density at radius 3 is 2.39 bits per heavy atom. The molecule has 0 aliphatic heterocycles. The smallest absolute Gasteiger partial charge is 0.264 e. The average molecular weight is 354 g/mol. The maximum Gasteiger partial charge on any atom is 0.264 e. The summed E-state index contributed by atoms with van der Waals surface area (Å²) < 4.78 is 39.7. The molecule has 122 valence electrons. The van der Waals surface area contributed by atoms with Gasteiger partial charge in [0.25, 0.3) is 10.0 Å². The van der Waals surface area contributed by atoms with Crippen LogP contribution >= 0.6 is 11.8 Å². The zero-order valence-corrected chi connectivity index (χ0v) is 13.9. The van der Waals surface area contributed by atoms with Gasteiger partial charge in [-0.1, -0.05) is 6.07 Å². The van der Waals surface area contributed by atoms with Gasteiger partial charge in [-0.05, 0) is 48.7 Å². The zero-order valence-electron chi connectivity index (χ0n) is 12.3. The van der Waals surface area contributed by atoms with Gasteiger partial charge in [-0.25, -0.2) is 12.8 Å². The fourth-order valence-electron chi connectivity index (χ4n) is 1.96. The van der Waals surface area contributed by atoms with Crippen LogP contribution in [-0.2, 0) is 14.8 Å². The van der Waals surface area contributed by atoms with Crippen LogP contribution in [0.3, 0.4) is 0 Å². The summed E-state index contributed by atoms with van der Waals surface area (Å²) in [7, 11) is -4.03. The number of hydrogen-bond donors (Lipinski definition) is 1. The Balaban J connectivity index is 2.50. The van der Waals surface area contributed by atoms with Crippen molar-refractivity contribution in [1.82, 2.24) is 0 Å². The van der Waals surface area contributed by atoms with Gasteiger partial charge in [0.1, 0.15) is 12.4 Å². The number of nitrogens with two attached hydrogens (primary N) is 1. The molecule has 0 aliphatic rings. The zero-order chi connectivity index (χ0) is 17.0. The van der Waals surface area contributed by atoms with E-state index >= 15 is 0 Å². The van der Waals surface area contributed by atoms with Crippen molar-refractivity contribution >= 4 is 33.4 Å². The van der Waals surface area contributed by atoms with Crippen LogP contribution in [0.1, 0.15) is 0 Å². The van der Waals surface area contributed by atoms with E-state index in [0.717, 1.165) is 15.3 Å². The largest absolute Gasteiger partial charge is 0.368 e. The molecule has 0 heterocycles. The molecule has 2 N–H and O–H groups in total. The summed E-state index contributed by atoms with van der Waals surface area (Å²) in [4.78, 5) is 12.2. The van der Waals surface area contributed by atoms with Crippen LogP contribution in [0.25, 0.3) is 0 Å². The minimum absolute atomic E-state index is 0.000751. The van der Waals surface area contributed by atoms with Crippen molar-refractivity contribution in [2.45, 2.75) is 9.79 Å². The van der Waals surface area contributed by atoms with Crippen molar-refractivity contribution in [2.24, 2.45) is 5.73 Å². The number of benzene rings is 2. The standard InChI is InChI=1S/C15H15FN2O3S2/c1-22-13-5-7-14(8-6-13)23(20,21)18(10-15(17)19)12-4-2-3-11(16)9-12/h2-9H,10H2,1H3,(H2,17,19). The highest BCUT2D eigenvalue weighted by Gasteiger charge is 2.26. The van der Waals surface area contributed by atoms with E-state index in [2.05, 4.69) is 0 Å². The van der Waals surface area contributed by atoms with E-state index in [0.29, 0.717) is 0 Å². The number of thioether (sulfide) groups is 1. The lowest BCUT2D eigenvalue weighted by Gasteiger charge is -2.23. The number of halogens is 1. The minimum atomic E-state index is -4.03. The molecule has 0 fully saturated rings. The van der Waals surface area contributed by atoms with Gasteiger partial charge in [-0.2, -0.15) is 0 Å². The Morgan fingerprint density at radius 1 is 1.22 bits per heavy atom. The van der Waals surface area contributed by atoms with Crippen LogP contribution in [0, 0.1) is 5.82 Å². The van der Waals surface area contributed by atoms with Crippen molar-refractivity contribution in [3.05, 3.63) is 54.3 Å². The normalized spacial score (nSPS) is 11.2. The lowest BCUT2D eigenvalue weighted by molar-refractivity contribution is -0.116. The number of nitrogens with zero attached hydrogens (tertiary/aromatic N) is 1. The molecule has 0 radical (unpaired) electrons. The molecule has 0 saturated heterocycles. The van der Waals surface area contributed by atoms with Gasteiger partial charge in [-0.3, -0.25) is 9.10 Å². The van der Waals surface area contributed by atoms with Gasteiger partial charge in [0.05, 0.1) is 10.6 Å². The lowest BCUT2D eigenvalue weighted by Crippen LogP contribution is -2.38. The third kappa shape index (κ3) is 4.02. The number of amides is 1. The first kappa shape index (κ1) is 17.3. The molecule has 23 heavy (non-hydrogen) atoms. The summed E-state index contributed by atoms with van der Waals surface area (Å²) in [6.07, 6.45) is 1.87. The molecule has 0 aliphatic carbocycles. The number of rotatable bonds is 6. The fourth-order valence-corrected chi connectivity index (χ4v) is 3.79. The van der Waals surface area contributed by atoms with Crippen molar-refractivity contribution in [3.63, 3.8) is 0 Å². The van der Waals surface area contributed by atoms with Gasteiger partial charge >= 0.3 is 0 Å². The molecule has 0 aromatic heterocycles. The number of sulfonamides is 1. The Labute approximate surface area is 138 Å². The van der Waals surface area contributed by atoms with E-state index in [1.807, 2.05) is 6.26 Å². The van der Waals surface area contributed by atoms with Crippen LogP contribution in [0.4, 0.5) is 10.1 Å². The van der Waals surface area contributed by atoms with Crippen LogP contribution in [0.2, 0.25) is 0 Å². The Bertz CT molecular complexity index is 808. The number of hydrogen-bond acceptors (Lipinski definition) is 4. The van der Waals surface area contributed by atoms with Crippen molar-refractivity contribution < 1.29 is 17.6 Å². The van der Waals surface area contributed by atoms with Crippen LogP contribution in [0.15, 0.2) is 58.3 Å². The van der Waals surface area contributed by atoms with Crippen molar-refractivity contribution in [2.75, 3.05) is 17.1 Å². The fraction of sp³-hybridized carbons (Fsp3) is 0.133. The van der Waals surface area contributed by atoms with E-state index in [-0.39, 0.29) is 10.6 Å². The number of primary amides is 1. The third-order valence-electron chi connectivity index (χ3n) is 3.04. The van der Waals surface area contributed by atoms with E-state index in [4.69, 9.17) is 5.73 Å². The van der Waals surface area contributed by atoms with Gasteiger partial charge < -0.3 is 5.73 Å². The monoisotopic (exact) mass is 354 g/mol. The second-order valence-corrected chi connectivity index (χ2v) is 7.38. The maximum atomic E-state index is 13.4. The van der Waals surface area contributed by atoms with Crippen molar-refractivity contribution in [3.8, 4) is 0 Å². The topological polar surface area (TPSA) is 80.5 Å². The highest BCUT2D eigenvalue weighted by Crippen LogP contribution is 2.25. The van der Waals surface area contributed by atoms with Crippen LogP contribution in [0.5, 0.6) is 0 Å². The number of carbonyl (C=O) groups excluding carboxylic acids is 1. The van der Waals surface area contributed by atoms with Gasteiger partial charge in [0.15, 0.2) is 0 Å². The SMILES string of the molecule is CSc1ccc(S(=O)(=O)N(CC(N)=O)c2cccc(F)c2)cc1. The number of carbonyl (C=O) groups is 1. The molecule has 0 bridgehead atoms. The van der Waals surface area contributed by atoms with E-state index in [9.17, 15) is 17.6 Å². The average Bonchev–Trinajstić information content (AvgIpc) is 2.52. The summed E-state index contributed by atoms with van der Waals surface area (Å²) in [6, 6.07) is 11.2. The van der Waals surface area contributed by atoms with E-state index in [1.165, 1.54) is 42.1 Å². The summed E-state index contributed by atoms with van der Waals surface area (Å²) in [5, 5.41) is 0. The minimum Gasteiger partial charge on any atom is -0.368 e. The van der Waals surface area contributed by atoms with Gasteiger partial charge in [-0.15, -0.1) is 11.8 Å². The predicted molar refractivity (Wildman–Crippen MR) is 88.3 cm³/mol. The summed E-state index contributed by atoms with van der Waals surface area (Å²) >= 11 is 1.47. The van der Waals surface area contributed by atoms with E-state index in [1.54, 1.807) is 12.1 Å². The molecule has 0 spiro atoms. The Kier molecular flexibility index (Phi) is 5.27. The molecule has 8 heteroatoms. The first-order valence-electron chi connectivity index (χ1n) is 6.55. The van der Waals surface area contributed by atoms with Crippen LogP contribution in [-0.4, -0.2) is 27.1 Å². The molecule has 2 aromatic rings. The molecular weight excluding hydrogens is 339 g/mol. The summed E-state index contributed by atoms with van der Waals surface area (Å²) in [5.41, 5.74) is 5.19. The second-order valence-electron chi connectivity index (χ2n) is 4.63. The quantitative estimate of drug-likeness (QED) is 0.807. The number of anilines is 1. The molecule has 1 amide bonds.